The first-order chi connectivity index (χ1) is 11.4. The van der Waals surface area contributed by atoms with Gasteiger partial charge >= 0.3 is 0 Å². The molecule has 142 valence electrons. The zero-order valence-corrected chi connectivity index (χ0v) is 15.6. The Morgan fingerprint density at radius 2 is 1.96 bits per heavy atom. The second-order valence-electron chi connectivity index (χ2n) is 5.51. The number of fused-ring (bicyclic) bond motifs is 1. The number of carbonyl (C=O) groups excluding carboxylic acids is 1. The highest BCUT2D eigenvalue weighted by Crippen LogP contribution is 2.31. The van der Waals surface area contributed by atoms with Crippen LogP contribution < -0.4 is 25.2 Å². The molecular weight excluding hydrogens is 370 g/mol. The molecular formula is C15H24ClN3O5S. The summed E-state index contributed by atoms with van der Waals surface area (Å²) in [5.41, 5.74) is 5.41. The molecule has 4 N–H and O–H groups in total. The molecule has 2 rings (SSSR count). The van der Waals surface area contributed by atoms with Gasteiger partial charge in [0.1, 0.15) is 0 Å². The van der Waals surface area contributed by atoms with E-state index in [2.05, 4.69) is 10.0 Å². The summed E-state index contributed by atoms with van der Waals surface area (Å²) in [5.74, 6) is 0.681. The predicted octanol–water partition coefficient (Wildman–Crippen LogP) is 0.402. The van der Waals surface area contributed by atoms with E-state index in [1.807, 2.05) is 0 Å². The Kier molecular flexibility index (Phi) is 8.43. The summed E-state index contributed by atoms with van der Waals surface area (Å²) in [6, 6.07) is 4.31. The highest BCUT2D eigenvalue weighted by atomic mass is 35.5. The molecule has 1 atom stereocenters. The zero-order valence-electron chi connectivity index (χ0n) is 14.0. The monoisotopic (exact) mass is 393 g/mol. The van der Waals surface area contributed by atoms with Gasteiger partial charge in [-0.3, -0.25) is 4.79 Å². The Hall–Kier alpha value is -1.55. The fourth-order valence-electron chi connectivity index (χ4n) is 2.10. The van der Waals surface area contributed by atoms with Gasteiger partial charge in [-0.15, -0.1) is 12.4 Å². The smallest absolute Gasteiger partial charge is 0.240 e. The first kappa shape index (κ1) is 21.5. The second-order valence-corrected chi connectivity index (χ2v) is 7.28. The van der Waals surface area contributed by atoms with Crippen LogP contribution in [0.1, 0.15) is 19.8 Å². The molecule has 1 aliphatic heterocycles. The van der Waals surface area contributed by atoms with E-state index in [4.69, 9.17) is 15.2 Å². The lowest BCUT2D eigenvalue weighted by Crippen LogP contribution is -2.39. The van der Waals surface area contributed by atoms with E-state index in [1.165, 1.54) is 12.1 Å². The summed E-state index contributed by atoms with van der Waals surface area (Å²) in [5, 5.41) is 2.67. The standard InChI is InChI=1S/C15H23N3O5S.ClH/c1-11(10-16)18-15(19)5-6-17-24(20,21)12-3-4-13-14(9-12)23-8-2-7-22-13;/h3-4,9,11,17H,2,5-8,10,16H2,1H3,(H,18,19);1H/t11-;/m0./s1. The van der Waals surface area contributed by atoms with Gasteiger partial charge < -0.3 is 20.5 Å². The Labute approximate surface area is 153 Å². The van der Waals surface area contributed by atoms with Crippen LogP contribution in [0.3, 0.4) is 0 Å². The molecule has 0 bridgehead atoms. The van der Waals surface area contributed by atoms with Crippen LogP contribution in [0.5, 0.6) is 11.5 Å². The van der Waals surface area contributed by atoms with Gasteiger partial charge in [0, 0.05) is 38.0 Å². The fraction of sp³-hybridized carbons (Fsp3) is 0.533. The zero-order chi connectivity index (χ0) is 17.6. The van der Waals surface area contributed by atoms with Gasteiger partial charge in [-0.2, -0.15) is 0 Å². The molecule has 8 nitrogen and oxygen atoms in total. The maximum Gasteiger partial charge on any atom is 0.240 e. The van der Waals surface area contributed by atoms with Crippen LogP contribution in [0.2, 0.25) is 0 Å². The van der Waals surface area contributed by atoms with Gasteiger partial charge in [0.25, 0.3) is 0 Å². The van der Waals surface area contributed by atoms with Crippen LogP contribution >= 0.6 is 12.4 Å². The predicted molar refractivity (Wildman–Crippen MR) is 95.8 cm³/mol. The SMILES string of the molecule is C[C@@H](CN)NC(=O)CCNS(=O)(=O)c1ccc2c(c1)OCCCO2.Cl. The molecule has 1 aliphatic rings. The minimum Gasteiger partial charge on any atom is -0.490 e. The Balaban J connectivity index is 0.00000312. The summed E-state index contributed by atoms with van der Waals surface area (Å²) in [7, 11) is -3.73. The maximum absolute atomic E-state index is 12.3. The Morgan fingerprint density at radius 1 is 1.28 bits per heavy atom. The molecule has 0 aliphatic carbocycles. The quantitative estimate of drug-likeness (QED) is 0.616. The van der Waals surface area contributed by atoms with Gasteiger partial charge in [-0.1, -0.05) is 0 Å². The van der Waals surface area contributed by atoms with Crippen molar-refractivity contribution in [3.05, 3.63) is 18.2 Å². The van der Waals surface area contributed by atoms with Crippen LogP contribution in [-0.4, -0.2) is 46.7 Å². The minimum absolute atomic E-state index is 0. The average molecular weight is 394 g/mol. The van der Waals surface area contributed by atoms with Crippen molar-refractivity contribution in [3.8, 4) is 11.5 Å². The summed E-state index contributed by atoms with van der Waals surface area (Å²) in [4.78, 5) is 11.7. The molecule has 0 spiro atoms. The van der Waals surface area contributed by atoms with E-state index < -0.39 is 10.0 Å². The highest BCUT2D eigenvalue weighted by Gasteiger charge is 2.19. The Morgan fingerprint density at radius 3 is 2.64 bits per heavy atom. The van der Waals surface area contributed by atoms with Gasteiger partial charge in [0.15, 0.2) is 11.5 Å². The molecule has 0 aromatic heterocycles. The van der Waals surface area contributed by atoms with Crippen molar-refractivity contribution in [2.45, 2.75) is 30.7 Å². The number of halogens is 1. The van der Waals surface area contributed by atoms with Crippen LogP contribution in [-0.2, 0) is 14.8 Å². The van der Waals surface area contributed by atoms with Crippen molar-refractivity contribution in [1.29, 1.82) is 0 Å². The molecule has 10 heteroatoms. The minimum atomic E-state index is -3.73. The molecule has 0 saturated carbocycles. The Bertz CT molecular complexity index is 684. The number of nitrogens with one attached hydrogen (secondary N) is 2. The van der Waals surface area contributed by atoms with Crippen molar-refractivity contribution in [1.82, 2.24) is 10.0 Å². The third-order valence-electron chi connectivity index (χ3n) is 3.43. The number of hydrogen-bond donors (Lipinski definition) is 3. The lowest BCUT2D eigenvalue weighted by Gasteiger charge is -2.12. The van der Waals surface area contributed by atoms with Gasteiger partial charge in [-0.05, 0) is 19.1 Å². The molecule has 1 aromatic carbocycles. The molecule has 0 saturated heterocycles. The number of nitrogens with two attached hydrogens (primary N) is 1. The average Bonchev–Trinajstić information content (AvgIpc) is 2.79. The third kappa shape index (κ3) is 6.35. The molecule has 1 amide bonds. The van der Waals surface area contributed by atoms with E-state index in [-0.39, 0.29) is 42.2 Å². The molecule has 0 radical (unpaired) electrons. The lowest BCUT2D eigenvalue weighted by molar-refractivity contribution is -0.121. The number of sulfonamides is 1. The van der Waals surface area contributed by atoms with Crippen molar-refractivity contribution < 1.29 is 22.7 Å². The van der Waals surface area contributed by atoms with Gasteiger partial charge in [0.2, 0.25) is 15.9 Å². The molecule has 0 unspecified atom stereocenters. The molecule has 1 aromatic rings. The summed E-state index contributed by atoms with van der Waals surface area (Å²) >= 11 is 0. The third-order valence-corrected chi connectivity index (χ3v) is 4.89. The van der Waals surface area contributed by atoms with E-state index >= 15 is 0 Å². The molecule has 25 heavy (non-hydrogen) atoms. The van der Waals surface area contributed by atoms with Crippen LogP contribution in [0.15, 0.2) is 23.1 Å². The van der Waals surface area contributed by atoms with Crippen molar-refractivity contribution >= 4 is 28.3 Å². The number of hydrogen-bond acceptors (Lipinski definition) is 6. The number of rotatable bonds is 7. The van der Waals surface area contributed by atoms with Crippen LogP contribution in [0.4, 0.5) is 0 Å². The second kappa shape index (κ2) is 9.81. The van der Waals surface area contributed by atoms with Crippen molar-refractivity contribution in [2.24, 2.45) is 5.73 Å². The molecule has 1 heterocycles. The topological polar surface area (TPSA) is 120 Å². The number of carbonyl (C=O) groups is 1. The molecule has 0 fully saturated rings. The van der Waals surface area contributed by atoms with Crippen molar-refractivity contribution in [3.63, 3.8) is 0 Å². The lowest BCUT2D eigenvalue weighted by atomic mass is 10.3. The van der Waals surface area contributed by atoms with Crippen molar-refractivity contribution in [2.75, 3.05) is 26.3 Å². The maximum atomic E-state index is 12.3. The first-order valence-corrected chi connectivity index (χ1v) is 9.29. The number of ether oxygens (including phenoxy) is 2. The van der Waals surface area contributed by atoms with Crippen LogP contribution in [0, 0.1) is 0 Å². The summed E-state index contributed by atoms with van der Waals surface area (Å²) in [6.45, 7) is 3.12. The highest BCUT2D eigenvalue weighted by molar-refractivity contribution is 7.89. The fourth-order valence-corrected chi connectivity index (χ4v) is 3.15. The first-order valence-electron chi connectivity index (χ1n) is 7.81. The largest absolute Gasteiger partial charge is 0.490 e. The summed E-state index contributed by atoms with van der Waals surface area (Å²) < 4.78 is 38.0. The van der Waals surface area contributed by atoms with E-state index in [0.717, 1.165) is 6.42 Å². The van der Waals surface area contributed by atoms with Gasteiger partial charge in [-0.25, -0.2) is 13.1 Å². The number of amides is 1. The van der Waals surface area contributed by atoms with E-state index in [1.54, 1.807) is 13.0 Å². The van der Waals surface area contributed by atoms with E-state index in [9.17, 15) is 13.2 Å². The summed E-state index contributed by atoms with van der Waals surface area (Å²) in [6.07, 6.45) is 0.777. The van der Waals surface area contributed by atoms with E-state index in [0.29, 0.717) is 31.3 Å². The van der Waals surface area contributed by atoms with Crippen LogP contribution in [0.25, 0.3) is 0 Å². The normalized spacial score (nSPS) is 14.8. The van der Waals surface area contributed by atoms with Gasteiger partial charge in [0.05, 0.1) is 18.1 Å². The number of benzene rings is 1.